The smallest absolute Gasteiger partial charge is 0.395 e. The number of aromatic amines is 1. The van der Waals surface area contributed by atoms with Crippen molar-refractivity contribution >= 4 is 5.78 Å². The number of H-pyrrole nitrogens is 1. The van der Waals surface area contributed by atoms with E-state index < -0.39 is 11.7 Å². The highest BCUT2D eigenvalue weighted by Gasteiger charge is 2.52. The van der Waals surface area contributed by atoms with Crippen LogP contribution in [0.4, 0.5) is 8.78 Å². The van der Waals surface area contributed by atoms with Crippen LogP contribution in [0.1, 0.15) is 40.9 Å². The number of halogens is 2. The third-order valence-electron chi connectivity index (χ3n) is 6.54. The van der Waals surface area contributed by atoms with Crippen molar-refractivity contribution in [1.82, 2.24) is 9.97 Å². The minimum Gasteiger partial charge on any atom is -0.395 e. The first-order chi connectivity index (χ1) is 15.6. The summed E-state index contributed by atoms with van der Waals surface area (Å²) in [5.41, 5.74) is 4.55. The monoisotopic (exact) mass is 452 g/mol. The Balaban J connectivity index is 1.45. The molecular formula is C25H22F2N2O4. The van der Waals surface area contributed by atoms with Gasteiger partial charge in [-0.3, -0.25) is 14.6 Å². The highest BCUT2D eigenvalue weighted by Crippen LogP contribution is 2.52. The zero-order valence-electron chi connectivity index (χ0n) is 18.4. The second kappa shape index (κ2) is 7.23. The van der Waals surface area contributed by atoms with Gasteiger partial charge in [0.25, 0.3) is 0 Å². The molecule has 170 valence electrons. The summed E-state index contributed by atoms with van der Waals surface area (Å²) in [6.45, 7) is 5.73. The molecule has 1 N–H and O–H groups in total. The average molecular weight is 452 g/mol. The van der Waals surface area contributed by atoms with Gasteiger partial charge in [-0.2, -0.15) is 0 Å². The zero-order valence-corrected chi connectivity index (χ0v) is 18.4. The number of ketones is 1. The third kappa shape index (κ3) is 3.69. The van der Waals surface area contributed by atoms with Gasteiger partial charge >= 0.3 is 6.29 Å². The van der Waals surface area contributed by atoms with E-state index in [2.05, 4.69) is 14.5 Å². The number of ether oxygens (including phenoxy) is 2. The highest BCUT2D eigenvalue weighted by atomic mass is 19.3. The number of carbonyl (C=O) groups is 1. The molecule has 33 heavy (non-hydrogen) atoms. The average Bonchev–Trinajstić information content (AvgIpc) is 3.48. The van der Waals surface area contributed by atoms with E-state index >= 15 is 0 Å². The molecule has 0 atom stereocenters. The van der Waals surface area contributed by atoms with Crippen LogP contribution in [0.25, 0.3) is 11.3 Å². The van der Waals surface area contributed by atoms with Crippen molar-refractivity contribution in [3.05, 3.63) is 74.8 Å². The number of nitrogens with one attached hydrogen (secondary N) is 1. The van der Waals surface area contributed by atoms with Crippen molar-refractivity contribution in [1.29, 1.82) is 0 Å². The first-order valence-corrected chi connectivity index (χ1v) is 10.7. The van der Waals surface area contributed by atoms with Crippen LogP contribution in [0, 0.1) is 20.8 Å². The Morgan fingerprint density at radius 2 is 1.79 bits per heavy atom. The summed E-state index contributed by atoms with van der Waals surface area (Å²) in [6.07, 6.45) is -2.31. The molecule has 1 aliphatic carbocycles. The number of Topliss-reactive ketones (excluding diaryl/α,β-unsaturated/α-hetero) is 1. The Morgan fingerprint density at radius 1 is 1.06 bits per heavy atom. The van der Waals surface area contributed by atoms with E-state index in [-0.39, 0.29) is 29.3 Å². The topological polar surface area (TPSA) is 81.3 Å². The molecule has 6 nitrogen and oxygen atoms in total. The first-order valence-electron chi connectivity index (χ1n) is 10.7. The lowest BCUT2D eigenvalue weighted by atomic mass is 9.88. The second-order valence-corrected chi connectivity index (χ2v) is 8.78. The van der Waals surface area contributed by atoms with Crippen LogP contribution in [0.3, 0.4) is 0 Å². The molecule has 1 aromatic carbocycles. The number of rotatable bonds is 5. The SMILES string of the molecule is Cc1cc(CC(=O)C2(c3ccc4c(c3)OC(F)(F)O4)CC2)nc(-c2ccc(=O)[nH]c2C)c1C. The van der Waals surface area contributed by atoms with E-state index in [9.17, 15) is 18.4 Å². The fraction of sp³-hybridized carbons (Fsp3) is 0.320. The van der Waals surface area contributed by atoms with Crippen molar-refractivity contribution in [2.75, 3.05) is 0 Å². The fourth-order valence-corrected chi connectivity index (χ4v) is 4.43. The van der Waals surface area contributed by atoms with Gasteiger partial charge < -0.3 is 14.5 Å². The molecule has 0 unspecified atom stereocenters. The molecule has 5 rings (SSSR count). The quantitative estimate of drug-likeness (QED) is 0.615. The van der Waals surface area contributed by atoms with Crippen LogP contribution in [-0.4, -0.2) is 22.0 Å². The van der Waals surface area contributed by atoms with E-state index in [1.54, 1.807) is 12.1 Å². The molecule has 0 spiro atoms. The van der Waals surface area contributed by atoms with Crippen LogP contribution < -0.4 is 15.0 Å². The second-order valence-electron chi connectivity index (χ2n) is 8.78. The Morgan fingerprint density at radius 3 is 2.48 bits per heavy atom. The lowest BCUT2D eigenvalue weighted by Gasteiger charge is -2.17. The number of carbonyl (C=O) groups excluding carboxylic acids is 1. The zero-order chi connectivity index (χ0) is 23.5. The van der Waals surface area contributed by atoms with Crippen molar-refractivity contribution in [2.45, 2.75) is 51.7 Å². The standard InChI is InChI=1S/C25H22F2N2O4/c1-13-10-17(29-23(14(13)2)18-5-7-22(31)28-15(18)3)12-21(30)24(8-9-24)16-4-6-19-20(11-16)33-25(26,27)32-19/h4-7,10-11H,8-9,12H2,1-3H3,(H,28,31). The van der Waals surface area contributed by atoms with Crippen molar-refractivity contribution in [2.24, 2.45) is 0 Å². The summed E-state index contributed by atoms with van der Waals surface area (Å²) in [5, 5.41) is 0. The van der Waals surface area contributed by atoms with Gasteiger partial charge in [0.05, 0.1) is 11.1 Å². The largest absolute Gasteiger partial charge is 0.586 e. The number of alkyl halides is 2. The molecule has 0 bridgehead atoms. The van der Waals surface area contributed by atoms with Crippen LogP contribution in [0.2, 0.25) is 0 Å². The normalized spacial score (nSPS) is 17.1. The molecule has 1 fully saturated rings. The lowest BCUT2D eigenvalue weighted by Crippen LogP contribution is -2.26. The van der Waals surface area contributed by atoms with Gasteiger partial charge in [0.2, 0.25) is 5.56 Å². The van der Waals surface area contributed by atoms with Gasteiger partial charge in [-0.15, -0.1) is 8.78 Å². The van der Waals surface area contributed by atoms with Crippen LogP contribution in [0.5, 0.6) is 11.5 Å². The molecule has 1 aliphatic heterocycles. The number of benzene rings is 1. The predicted octanol–water partition coefficient (Wildman–Crippen LogP) is 4.53. The summed E-state index contributed by atoms with van der Waals surface area (Å²) < 4.78 is 35.8. The number of pyridine rings is 2. The molecular weight excluding hydrogens is 430 g/mol. The third-order valence-corrected chi connectivity index (χ3v) is 6.54. The summed E-state index contributed by atoms with van der Waals surface area (Å²) in [5.74, 6) is -0.117. The summed E-state index contributed by atoms with van der Waals surface area (Å²) in [6, 6.07) is 9.64. The van der Waals surface area contributed by atoms with Crippen molar-refractivity contribution < 1.29 is 23.0 Å². The van der Waals surface area contributed by atoms with Gasteiger partial charge in [-0.1, -0.05) is 6.07 Å². The Labute approximate surface area is 188 Å². The number of fused-ring (bicyclic) bond motifs is 1. The predicted molar refractivity (Wildman–Crippen MR) is 117 cm³/mol. The maximum absolute atomic E-state index is 13.4. The highest BCUT2D eigenvalue weighted by molar-refractivity contribution is 5.94. The maximum atomic E-state index is 13.4. The molecule has 0 amide bonds. The van der Waals surface area contributed by atoms with E-state index in [4.69, 9.17) is 4.98 Å². The van der Waals surface area contributed by atoms with Gasteiger partial charge in [0.15, 0.2) is 11.5 Å². The van der Waals surface area contributed by atoms with E-state index in [0.717, 1.165) is 22.4 Å². The first kappa shape index (κ1) is 21.3. The van der Waals surface area contributed by atoms with Gasteiger partial charge in [0, 0.05) is 29.4 Å². The Bertz CT molecular complexity index is 1360. The Hall–Kier alpha value is -3.55. The number of hydrogen-bond acceptors (Lipinski definition) is 5. The minimum atomic E-state index is -3.69. The molecule has 8 heteroatoms. The van der Waals surface area contributed by atoms with Crippen molar-refractivity contribution in [3.8, 4) is 22.8 Å². The maximum Gasteiger partial charge on any atom is 0.586 e. The van der Waals surface area contributed by atoms with E-state index in [0.29, 0.717) is 29.8 Å². The molecule has 1 saturated carbocycles. The molecule has 0 radical (unpaired) electrons. The fourth-order valence-electron chi connectivity index (χ4n) is 4.43. The van der Waals surface area contributed by atoms with E-state index in [1.807, 2.05) is 26.8 Å². The van der Waals surface area contributed by atoms with E-state index in [1.165, 1.54) is 18.2 Å². The Kier molecular flexibility index (Phi) is 4.67. The summed E-state index contributed by atoms with van der Waals surface area (Å²) in [4.78, 5) is 32.5. The molecule has 2 aromatic heterocycles. The molecule has 0 saturated heterocycles. The minimum absolute atomic E-state index is 0.0204. The molecule has 3 heterocycles. The number of aromatic nitrogens is 2. The van der Waals surface area contributed by atoms with Crippen LogP contribution in [-0.2, 0) is 16.6 Å². The number of aryl methyl sites for hydroxylation is 2. The molecule has 2 aliphatic rings. The summed E-state index contributed by atoms with van der Waals surface area (Å²) in [7, 11) is 0. The van der Waals surface area contributed by atoms with Crippen LogP contribution in [0.15, 0.2) is 41.2 Å². The van der Waals surface area contributed by atoms with Gasteiger partial charge in [-0.25, -0.2) is 0 Å². The van der Waals surface area contributed by atoms with Gasteiger partial charge in [0.1, 0.15) is 5.78 Å². The van der Waals surface area contributed by atoms with Crippen LogP contribution >= 0.6 is 0 Å². The lowest BCUT2D eigenvalue weighted by molar-refractivity contribution is -0.286. The number of nitrogens with zero attached hydrogens (tertiary/aromatic N) is 1. The summed E-state index contributed by atoms with van der Waals surface area (Å²) >= 11 is 0. The number of hydrogen-bond donors (Lipinski definition) is 1. The van der Waals surface area contributed by atoms with Gasteiger partial charge in [-0.05, 0) is 74.6 Å². The van der Waals surface area contributed by atoms with Crippen molar-refractivity contribution in [3.63, 3.8) is 0 Å². The molecule has 3 aromatic rings.